The van der Waals surface area contributed by atoms with Gasteiger partial charge in [0, 0.05) is 32.5 Å². The third kappa shape index (κ3) is 5.66. The van der Waals surface area contributed by atoms with Crippen LogP contribution in [0.2, 0.25) is 0 Å². The van der Waals surface area contributed by atoms with Gasteiger partial charge in [-0.25, -0.2) is 4.79 Å². The third-order valence-corrected chi connectivity index (χ3v) is 6.31. The number of methoxy groups -OCH3 is 1. The molecule has 3 aromatic rings. The fourth-order valence-corrected chi connectivity index (χ4v) is 4.54. The number of furan rings is 1. The van der Waals surface area contributed by atoms with E-state index in [1.165, 1.54) is 4.90 Å². The van der Waals surface area contributed by atoms with E-state index in [0.717, 1.165) is 22.6 Å². The maximum Gasteiger partial charge on any atom is 0.341 e. The summed E-state index contributed by atoms with van der Waals surface area (Å²) in [5, 5.41) is 3.09. The molecule has 0 saturated heterocycles. The molecule has 1 N–H and O–H groups in total. The molecule has 0 aliphatic carbocycles. The van der Waals surface area contributed by atoms with Crippen LogP contribution in [0.1, 0.15) is 44.7 Å². The highest BCUT2D eigenvalue weighted by Gasteiger charge is 2.27. The van der Waals surface area contributed by atoms with Crippen LogP contribution in [0.4, 0.5) is 5.00 Å². The van der Waals surface area contributed by atoms with Gasteiger partial charge in [0.2, 0.25) is 5.91 Å². The molecular formula is C25H28N2O6S. The van der Waals surface area contributed by atoms with Gasteiger partial charge in [-0.1, -0.05) is 0 Å². The van der Waals surface area contributed by atoms with Gasteiger partial charge in [0.25, 0.3) is 5.91 Å². The zero-order valence-corrected chi connectivity index (χ0v) is 20.7. The molecule has 8 nitrogen and oxygen atoms in total. The molecule has 2 heterocycles. The van der Waals surface area contributed by atoms with Crippen LogP contribution in [-0.4, -0.2) is 50.5 Å². The van der Waals surface area contributed by atoms with Gasteiger partial charge >= 0.3 is 5.97 Å². The van der Waals surface area contributed by atoms with E-state index in [-0.39, 0.29) is 30.4 Å². The normalized spacial score (nSPS) is 10.6. The number of carbonyl (C=O) groups excluding carboxylic acids is 3. The molecule has 2 amide bonds. The number of nitrogens with one attached hydrogen (secondary N) is 1. The predicted octanol–water partition coefficient (Wildman–Crippen LogP) is 4.77. The average Bonchev–Trinajstić information content (AvgIpc) is 3.42. The van der Waals surface area contributed by atoms with Crippen LogP contribution in [0.3, 0.4) is 0 Å². The number of anilines is 1. The zero-order chi connectivity index (χ0) is 24.8. The summed E-state index contributed by atoms with van der Waals surface area (Å²) in [5.74, 6) is 1.02. The summed E-state index contributed by atoms with van der Waals surface area (Å²) in [5.41, 5.74) is 1.61. The second-order valence-corrected chi connectivity index (χ2v) is 8.74. The summed E-state index contributed by atoms with van der Waals surface area (Å²) >= 11 is 1.07. The first-order valence-corrected chi connectivity index (χ1v) is 11.6. The molecule has 0 fully saturated rings. The Bertz CT molecular complexity index is 1180. The van der Waals surface area contributed by atoms with E-state index in [1.807, 2.05) is 36.4 Å². The Morgan fingerprint density at radius 3 is 2.41 bits per heavy atom. The summed E-state index contributed by atoms with van der Waals surface area (Å²) < 4.78 is 16.2. The van der Waals surface area contributed by atoms with Crippen LogP contribution in [0.5, 0.6) is 5.75 Å². The number of hydrogen-bond acceptors (Lipinski definition) is 7. The molecule has 0 radical (unpaired) electrons. The summed E-state index contributed by atoms with van der Waals surface area (Å²) in [4.78, 5) is 39.5. The van der Waals surface area contributed by atoms with Gasteiger partial charge in [-0.2, -0.15) is 0 Å². The monoisotopic (exact) mass is 484 g/mol. The van der Waals surface area contributed by atoms with Crippen LogP contribution in [0.15, 0.2) is 40.8 Å². The first-order valence-electron chi connectivity index (χ1n) is 10.8. The molecule has 0 unspecified atom stereocenters. The van der Waals surface area contributed by atoms with E-state index >= 15 is 0 Å². The molecule has 2 aromatic heterocycles. The van der Waals surface area contributed by atoms with Crippen molar-refractivity contribution < 1.29 is 28.3 Å². The minimum atomic E-state index is -0.570. The lowest BCUT2D eigenvalue weighted by molar-refractivity contribution is -0.116. The number of thiophene rings is 1. The minimum absolute atomic E-state index is 0.145. The maximum atomic E-state index is 12.7. The molecule has 180 valence electrons. The molecule has 0 spiro atoms. The van der Waals surface area contributed by atoms with Crippen molar-refractivity contribution in [3.05, 3.63) is 58.2 Å². The van der Waals surface area contributed by atoms with Crippen LogP contribution in [0, 0.1) is 6.92 Å². The van der Waals surface area contributed by atoms with Crippen molar-refractivity contribution in [3.8, 4) is 17.1 Å². The number of hydrogen-bond donors (Lipinski definition) is 1. The number of nitrogens with zero attached hydrogens (tertiary/aromatic N) is 1. The Kier molecular flexibility index (Phi) is 8.12. The molecule has 1 aromatic carbocycles. The Labute approximate surface area is 202 Å². The van der Waals surface area contributed by atoms with Crippen LogP contribution in [0.25, 0.3) is 11.3 Å². The Balaban J connectivity index is 1.71. The molecule has 9 heteroatoms. The maximum absolute atomic E-state index is 12.7. The largest absolute Gasteiger partial charge is 0.497 e. The van der Waals surface area contributed by atoms with Crippen molar-refractivity contribution in [1.82, 2.24) is 4.90 Å². The number of rotatable bonds is 9. The van der Waals surface area contributed by atoms with Gasteiger partial charge in [-0.05, 0) is 55.8 Å². The SMILES string of the molecule is CCOC(=O)c1c(NC(=O)CCc2ccc(-c3ccc(OC)cc3)o2)sc(C(=O)N(C)C)c1C. The van der Waals surface area contributed by atoms with Crippen molar-refractivity contribution in [2.45, 2.75) is 26.7 Å². The van der Waals surface area contributed by atoms with E-state index in [1.54, 1.807) is 35.1 Å². The van der Waals surface area contributed by atoms with E-state index in [2.05, 4.69) is 5.32 Å². The average molecular weight is 485 g/mol. The van der Waals surface area contributed by atoms with Crippen LogP contribution >= 0.6 is 11.3 Å². The molecule has 0 saturated carbocycles. The van der Waals surface area contributed by atoms with Crippen molar-refractivity contribution in [2.24, 2.45) is 0 Å². The smallest absolute Gasteiger partial charge is 0.341 e. The van der Waals surface area contributed by atoms with Crippen molar-refractivity contribution in [2.75, 3.05) is 33.1 Å². The molecule has 34 heavy (non-hydrogen) atoms. The highest BCUT2D eigenvalue weighted by Crippen LogP contribution is 2.34. The molecule has 0 aliphatic heterocycles. The van der Waals surface area contributed by atoms with Gasteiger partial charge in [0.05, 0.1) is 24.2 Å². The number of ether oxygens (including phenoxy) is 2. The first kappa shape index (κ1) is 25.0. The first-order chi connectivity index (χ1) is 16.2. The molecule has 3 rings (SSSR count). The second-order valence-electron chi connectivity index (χ2n) is 7.72. The molecule has 0 bridgehead atoms. The second kappa shape index (κ2) is 11.0. The van der Waals surface area contributed by atoms with Gasteiger partial charge in [0.15, 0.2) is 0 Å². The van der Waals surface area contributed by atoms with Gasteiger partial charge in [-0.3, -0.25) is 9.59 Å². The lowest BCUT2D eigenvalue weighted by atomic mass is 10.1. The number of aryl methyl sites for hydroxylation is 1. The van der Waals surface area contributed by atoms with Gasteiger partial charge in [-0.15, -0.1) is 11.3 Å². The Morgan fingerprint density at radius 2 is 1.79 bits per heavy atom. The molecular weight excluding hydrogens is 456 g/mol. The minimum Gasteiger partial charge on any atom is -0.497 e. The highest BCUT2D eigenvalue weighted by atomic mass is 32.1. The fraction of sp³-hybridized carbons (Fsp3) is 0.320. The zero-order valence-electron chi connectivity index (χ0n) is 19.9. The van der Waals surface area contributed by atoms with Crippen molar-refractivity contribution in [1.29, 1.82) is 0 Å². The summed E-state index contributed by atoms with van der Waals surface area (Å²) in [7, 11) is 4.87. The van der Waals surface area contributed by atoms with Crippen molar-refractivity contribution in [3.63, 3.8) is 0 Å². The van der Waals surface area contributed by atoms with Gasteiger partial charge < -0.3 is 24.1 Å². The number of benzene rings is 1. The van der Waals surface area contributed by atoms with Crippen LogP contribution in [-0.2, 0) is 16.0 Å². The summed E-state index contributed by atoms with van der Waals surface area (Å²) in [6.07, 6.45) is 0.524. The topological polar surface area (TPSA) is 98.1 Å². The highest BCUT2D eigenvalue weighted by molar-refractivity contribution is 7.18. The van der Waals surface area contributed by atoms with Crippen molar-refractivity contribution >= 4 is 34.1 Å². The predicted molar refractivity (Wildman–Crippen MR) is 131 cm³/mol. The third-order valence-electron chi connectivity index (χ3n) is 5.11. The van der Waals surface area contributed by atoms with E-state index in [4.69, 9.17) is 13.9 Å². The fourth-order valence-electron chi connectivity index (χ4n) is 3.31. The van der Waals surface area contributed by atoms with Crippen LogP contribution < -0.4 is 10.1 Å². The summed E-state index contributed by atoms with van der Waals surface area (Å²) in [6, 6.07) is 11.2. The standard InChI is InChI=1S/C25H28N2O6S/c1-6-32-25(30)21-15(2)22(24(29)27(3)4)34-23(21)26-20(28)14-12-18-11-13-19(33-18)16-7-9-17(31-5)10-8-16/h7-11,13H,6,12,14H2,1-5H3,(H,26,28). The number of amides is 2. The quantitative estimate of drug-likeness (QED) is 0.439. The molecule has 0 atom stereocenters. The lowest BCUT2D eigenvalue weighted by Gasteiger charge is -2.09. The van der Waals surface area contributed by atoms with Gasteiger partial charge in [0.1, 0.15) is 22.3 Å². The number of esters is 1. The van der Waals surface area contributed by atoms with E-state index in [0.29, 0.717) is 33.4 Å². The summed E-state index contributed by atoms with van der Waals surface area (Å²) in [6.45, 7) is 3.57. The Morgan fingerprint density at radius 1 is 1.09 bits per heavy atom. The number of carbonyl (C=O) groups is 3. The lowest BCUT2D eigenvalue weighted by Crippen LogP contribution is -2.21. The van der Waals surface area contributed by atoms with E-state index in [9.17, 15) is 14.4 Å². The molecule has 0 aliphatic rings. The van der Waals surface area contributed by atoms with E-state index < -0.39 is 5.97 Å². The Hall–Kier alpha value is -3.59.